The van der Waals surface area contributed by atoms with E-state index in [1.165, 1.54) is 0 Å². The first-order valence-electron chi connectivity index (χ1n) is 9.29. The zero-order valence-corrected chi connectivity index (χ0v) is 16.3. The minimum atomic E-state index is 0.474. The van der Waals surface area contributed by atoms with E-state index in [-0.39, 0.29) is 0 Å². The zero-order chi connectivity index (χ0) is 18.9. The molecule has 0 radical (unpaired) electrons. The van der Waals surface area contributed by atoms with Gasteiger partial charge in [-0.1, -0.05) is 42.1 Å². The maximum Gasteiger partial charge on any atom is 0.226 e. The van der Waals surface area contributed by atoms with Gasteiger partial charge < -0.3 is 9.15 Å². The Morgan fingerprint density at radius 1 is 1.07 bits per heavy atom. The molecule has 0 amide bonds. The molecule has 6 heteroatoms. The summed E-state index contributed by atoms with van der Waals surface area (Å²) < 4.78 is 11.2. The van der Waals surface area contributed by atoms with Gasteiger partial charge in [-0.3, -0.25) is 0 Å². The Kier molecular flexibility index (Phi) is 4.49. The smallest absolute Gasteiger partial charge is 0.226 e. The number of hydrogen-bond acceptors (Lipinski definition) is 6. The van der Waals surface area contributed by atoms with Gasteiger partial charge in [-0.2, -0.15) is 0 Å². The van der Waals surface area contributed by atoms with Crippen LogP contribution in [0.4, 0.5) is 0 Å². The van der Waals surface area contributed by atoms with Crippen molar-refractivity contribution in [3.63, 3.8) is 0 Å². The fourth-order valence-corrected chi connectivity index (χ4v) is 3.95. The number of hydrogen-bond donors (Lipinski definition) is 0. The van der Waals surface area contributed by atoms with Gasteiger partial charge in [0.25, 0.3) is 0 Å². The van der Waals surface area contributed by atoms with Crippen molar-refractivity contribution in [1.29, 1.82) is 0 Å². The fourth-order valence-electron chi connectivity index (χ4n) is 3.20. The highest BCUT2D eigenvalue weighted by atomic mass is 32.2. The van der Waals surface area contributed by atoms with Crippen molar-refractivity contribution >= 4 is 22.7 Å². The van der Waals surface area contributed by atoms with Gasteiger partial charge in [-0.25, -0.2) is 4.98 Å². The van der Waals surface area contributed by atoms with Gasteiger partial charge in [0.15, 0.2) is 0 Å². The van der Waals surface area contributed by atoms with Crippen LogP contribution < -0.4 is 4.74 Å². The van der Waals surface area contributed by atoms with Crippen LogP contribution in [-0.4, -0.2) is 22.3 Å². The van der Waals surface area contributed by atoms with Crippen LogP contribution in [0.5, 0.6) is 5.75 Å². The molecule has 1 aliphatic rings. The largest absolute Gasteiger partial charge is 0.497 e. The van der Waals surface area contributed by atoms with Crippen LogP contribution in [0.2, 0.25) is 0 Å². The quantitative estimate of drug-likeness (QED) is 0.408. The van der Waals surface area contributed by atoms with E-state index in [9.17, 15) is 0 Å². The predicted octanol–water partition coefficient (Wildman–Crippen LogP) is 5.46. The number of ether oxygens (including phenoxy) is 1. The first-order valence-corrected chi connectivity index (χ1v) is 10.3. The molecule has 0 atom stereocenters. The summed E-state index contributed by atoms with van der Waals surface area (Å²) in [5.41, 5.74) is 3.23. The number of thioether (sulfide) groups is 1. The first kappa shape index (κ1) is 17.3. The molecule has 0 bridgehead atoms. The Morgan fingerprint density at radius 2 is 1.93 bits per heavy atom. The van der Waals surface area contributed by atoms with Crippen LogP contribution >= 0.6 is 11.8 Å². The van der Waals surface area contributed by atoms with Crippen LogP contribution in [0.1, 0.15) is 30.5 Å². The molecule has 4 aromatic rings. The van der Waals surface area contributed by atoms with Crippen LogP contribution in [0, 0.1) is 0 Å². The molecule has 0 unspecified atom stereocenters. The lowest BCUT2D eigenvalue weighted by Gasteiger charge is -2.10. The molecule has 0 saturated heterocycles. The molecule has 5 nitrogen and oxygen atoms in total. The van der Waals surface area contributed by atoms with Gasteiger partial charge in [0, 0.05) is 17.4 Å². The molecular weight excluding hydrogens is 370 g/mol. The van der Waals surface area contributed by atoms with E-state index in [1.807, 2.05) is 18.2 Å². The molecule has 140 valence electrons. The van der Waals surface area contributed by atoms with E-state index in [0.717, 1.165) is 51.5 Å². The van der Waals surface area contributed by atoms with Crippen molar-refractivity contribution in [3.8, 4) is 16.9 Å². The number of aromatic nitrogens is 3. The van der Waals surface area contributed by atoms with E-state index < -0.39 is 0 Å². The van der Waals surface area contributed by atoms with Crippen LogP contribution in [-0.2, 0) is 5.75 Å². The van der Waals surface area contributed by atoms with Gasteiger partial charge in [0.1, 0.15) is 5.75 Å². The predicted molar refractivity (Wildman–Crippen MR) is 110 cm³/mol. The van der Waals surface area contributed by atoms with E-state index in [1.54, 1.807) is 18.9 Å². The molecule has 2 aromatic heterocycles. The van der Waals surface area contributed by atoms with Gasteiger partial charge in [0.2, 0.25) is 11.8 Å². The minimum Gasteiger partial charge on any atom is -0.497 e. The summed E-state index contributed by atoms with van der Waals surface area (Å²) in [6.45, 7) is 0. The van der Waals surface area contributed by atoms with Crippen molar-refractivity contribution in [2.45, 2.75) is 29.5 Å². The number of rotatable bonds is 6. The SMILES string of the molecule is COc1ccc2c(-c3ccccc3)cc(SCc3nnc(C4CC4)o3)nc2c1. The topological polar surface area (TPSA) is 61.0 Å². The number of pyridine rings is 1. The first-order chi connectivity index (χ1) is 13.8. The highest BCUT2D eigenvalue weighted by Gasteiger charge is 2.29. The average molecular weight is 389 g/mol. The number of methoxy groups -OCH3 is 1. The van der Waals surface area contributed by atoms with Gasteiger partial charge in [-0.05, 0) is 42.2 Å². The Bertz CT molecular complexity index is 1120. The van der Waals surface area contributed by atoms with Crippen molar-refractivity contribution < 1.29 is 9.15 Å². The lowest BCUT2D eigenvalue weighted by Crippen LogP contribution is -1.91. The van der Waals surface area contributed by atoms with Crippen molar-refractivity contribution in [3.05, 3.63) is 66.4 Å². The number of benzene rings is 2. The monoisotopic (exact) mass is 389 g/mol. The maximum absolute atomic E-state index is 5.78. The van der Waals surface area contributed by atoms with Gasteiger partial charge in [0.05, 0.1) is 23.4 Å². The molecule has 0 spiro atoms. The summed E-state index contributed by atoms with van der Waals surface area (Å²) in [7, 11) is 1.67. The molecule has 0 N–H and O–H groups in total. The van der Waals surface area contributed by atoms with E-state index in [0.29, 0.717) is 17.6 Å². The molecule has 2 heterocycles. The number of nitrogens with zero attached hydrogens (tertiary/aromatic N) is 3. The molecule has 2 aromatic carbocycles. The summed E-state index contributed by atoms with van der Waals surface area (Å²) in [6.07, 6.45) is 2.31. The average Bonchev–Trinajstić information content (AvgIpc) is 3.49. The molecule has 5 rings (SSSR count). The third-order valence-corrected chi connectivity index (χ3v) is 5.73. The Labute approximate surface area is 167 Å². The second-order valence-electron chi connectivity index (χ2n) is 6.85. The summed E-state index contributed by atoms with van der Waals surface area (Å²) in [4.78, 5) is 4.83. The van der Waals surface area contributed by atoms with E-state index in [2.05, 4.69) is 46.6 Å². The third-order valence-electron chi connectivity index (χ3n) is 4.83. The van der Waals surface area contributed by atoms with Crippen molar-refractivity contribution in [1.82, 2.24) is 15.2 Å². The summed E-state index contributed by atoms with van der Waals surface area (Å²) in [6, 6.07) is 18.5. The Balaban J connectivity index is 1.50. The van der Waals surface area contributed by atoms with Crippen molar-refractivity contribution in [2.75, 3.05) is 7.11 Å². The summed E-state index contributed by atoms with van der Waals surface area (Å²) >= 11 is 1.61. The van der Waals surface area contributed by atoms with Crippen molar-refractivity contribution in [2.24, 2.45) is 0 Å². The van der Waals surface area contributed by atoms with E-state index >= 15 is 0 Å². The molecular formula is C22H19N3O2S. The van der Waals surface area contributed by atoms with E-state index in [4.69, 9.17) is 14.1 Å². The molecule has 1 fully saturated rings. The van der Waals surface area contributed by atoms with Crippen LogP contribution in [0.3, 0.4) is 0 Å². The molecule has 0 aliphatic heterocycles. The molecule has 28 heavy (non-hydrogen) atoms. The zero-order valence-electron chi connectivity index (χ0n) is 15.5. The number of fused-ring (bicyclic) bond motifs is 1. The lowest BCUT2D eigenvalue weighted by molar-refractivity contribution is 0.415. The lowest BCUT2D eigenvalue weighted by atomic mass is 10.0. The second kappa shape index (κ2) is 7.28. The maximum atomic E-state index is 5.78. The second-order valence-corrected chi connectivity index (χ2v) is 7.85. The Morgan fingerprint density at radius 3 is 2.71 bits per heavy atom. The van der Waals surface area contributed by atoms with Crippen LogP contribution in [0.15, 0.2) is 64.0 Å². The standard InChI is InChI=1S/C22H19N3O2S/c1-26-16-9-10-17-18(14-5-3-2-4-6-14)12-21(23-19(17)11-16)28-13-20-24-25-22(27-20)15-7-8-15/h2-6,9-12,15H,7-8,13H2,1H3. The normalized spacial score (nSPS) is 13.8. The fraction of sp³-hybridized carbons (Fsp3) is 0.227. The summed E-state index contributed by atoms with van der Waals surface area (Å²) in [5, 5.41) is 10.4. The highest BCUT2D eigenvalue weighted by molar-refractivity contribution is 7.98. The van der Waals surface area contributed by atoms with Crippen LogP contribution in [0.25, 0.3) is 22.0 Å². The molecule has 1 aliphatic carbocycles. The highest BCUT2D eigenvalue weighted by Crippen LogP contribution is 2.39. The minimum absolute atomic E-state index is 0.474. The van der Waals surface area contributed by atoms with Gasteiger partial charge >= 0.3 is 0 Å². The summed E-state index contributed by atoms with van der Waals surface area (Å²) in [5.74, 6) is 3.31. The third kappa shape index (κ3) is 3.47. The Hall–Kier alpha value is -2.86. The van der Waals surface area contributed by atoms with Gasteiger partial charge in [-0.15, -0.1) is 10.2 Å². The molecule has 1 saturated carbocycles.